The molecule has 2 aromatic carbocycles. The van der Waals surface area contributed by atoms with Crippen molar-refractivity contribution in [1.29, 1.82) is 0 Å². The van der Waals surface area contributed by atoms with Crippen molar-refractivity contribution in [1.82, 2.24) is 4.98 Å². The molecule has 0 fully saturated rings. The largest absolute Gasteiger partial charge is 0.349 e. The van der Waals surface area contributed by atoms with Gasteiger partial charge in [-0.3, -0.25) is 9.59 Å². The number of hydrogen-bond donors (Lipinski definition) is 1. The number of Topliss-reactive ketones (excluding diaryl/α,β-unsaturated/α-hetero) is 1. The zero-order valence-electron chi connectivity index (χ0n) is 13.9. The summed E-state index contributed by atoms with van der Waals surface area (Å²) in [6, 6.07) is 9.48. The van der Waals surface area contributed by atoms with E-state index in [9.17, 15) is 14.0 Å². The fraction of sp³-hybridized carbons (Fsp3) is 0.158. The second-order valence-electron chi connectivity index (χ2n) is 5.83. The van der Waals surface area contributed by atoms with Gasteiger partial charge in [-0.2, -0.15) is 0 Å². The lowest BCUT2D eigenvalue weighted by Gasteiger charge is -2.12. The molecule has 0 amide bonds. The average molecular weight is 386 g/mol. The molecule has 1 N–H and O–H groups in total. The number of pyridine rings is 1. The Morgan fingerprint density at radius 2 is 2.08 bits per heavy atom. The fourth-order valence-electron chi connectivity index (χ4n) is 2.75. The van der Waals surface area contributed by atoms with Gasteiger partial charge in [-0.1, -0.05) is 35.3 Å². The lowest BCUT2D eigenvalue weighted by atomic mass is 9.92. The van der Waals surface area contributed by atoms with E-state index in [1.54, 1.807) is 12.1 Å². The molecule has 3 aromatic rings. The van der Waals surface area contributed by atoms with Crippen molar-refractivity contribution in [2.75, 3.05) is 5.75 Å². The van der Waals surface area contributed by atoms with Crippen LogP contribution in [0.1, 0.15) is 22.8 Å². The molecule has 7 heteroatoms. The summed E-state index contributed by atoms with van der Waals surface area (Å²) >= 11 is 7.46. The number of fused-ring (bicyclic) bond motifs is 1. The zero-order valence-corrected chi connectivity index (χ0v) is 15.5. The summed E-state index contributed by atoms with van der Waals surface area (Å²) in [5.41, 5.74) is 1.27. The summed E-state index contributed by atoms with van der Waals surface area (Å²) in [6.07, 6.45) is 0.588. The molecule has 26 heavy (non-hydrogen) atoms. The number of halogens is 2. The number of H-pyrrole nitrogens is 1. The number of aromatic nitrogens is 1. The maximum atomic E-state index is 13.3. The van der Waals surface area contributed by atoms with Gasteiger partial charge in [0.05, 0.1) is 21.0 Å². The molecule has 3 nitrogen and oxygen atoms in total. The van der Waals surface area contributed by atoms with Crippen molar-refractivity contribution in [2.45, 2.75) is 18.4 Å². The Labute approximate surface area is 160 Å². The third-order valence-electron chi connectivity index (χ3n) is 3.98. The SMILES string of the molecule is [B]c1ccc(Cl)c2c(=O)c(C(C)=O)c(SCCc3cccc(F)c3)[nH]c12. The van der Waals surface area contributed by atoms with E-state index in [0.717, 1.165) is 5.56 Å². The predicted octanol–water partition coefficient (Wildman–Crippen LogP) is 3.65. The Morgan fingerprint density at radius 1 is 1.31 bits per heavy atom. The number of ketones is 1. The van der Waals surface area contributed by atoms with Crippen molar-refractivity contribution < 1.29 is 9.18 Å². The highest BCUT2D eigenvalue weighted by atomic mass is 35.5. The van der Waals surface area contributed by atoms with Gasteiger partial charge in [-0.15, -0.1) is 11.8 Å². The van der Waals surface area contributed by atoms with Crippen LogP contribution in [-0.2, 0) is 6.42 Å². The van der Waals surface area contributed by atoms with E-state index < -0.39 is 5.43 Å². The maximum absolute atomic E-state index is 13.3. The number of aromatic amines is 1. The first-order valence-electron chi connectivity index (χ1n) is 7.90. The molecule has 0 aliphatic heterocycles. The quantitative estimate of drug-likeness (QED) is 0.414. The highest BCUT2D eigenvalue weighted by Crippen LogP contribution is 2.25. The zero-order chi connectivity index (χ0) is 18.8. The smallest absolute Gasteiger partial charge is 0.202 e. The Kier molecular flexibility index (Phi) is 5.54. The molecule has 0 saturated heterocycles. The second kappa shape index (κ2) is 7.68. The Bertz CT molecular complexity index is 1070. The van der Waals surface area contributed by atoms with E-state index in [0.29, 0.717) is 28.2 Å². The van der Waals surface area contributed by atoms with E-state index >= 15 is 0 Å². The summed E-state index contributed by atoms with van der Waals surface area (Å²) in [7, 11) is 5.96. The molecule has 1 heterocycles. The Hall–Kier alpha value is -2.05. The molecule has 0 aliphatic rings. The number of thioether (sulfide) groups is 1. The van der Waals surface area contributed by atoms with Gasteiger partial charge in [0.1, 0.15) is 13.7 Å². The number of rotatable bonds is 5. The highest BCUT2D eigenvalue weighted by molar-refractivity contribution is 7.99. The van der Waals surface area contributed by atoms with Gasteiger partial charge in [-0.05, 0) is 37.1 Å². The number of aryl methyl sites for hydroxylation is 1. The molecule has 0 saturated carbocycles. The number of benzene rings is 2. The maximum Gasteiger partial charge on any atom is 0.202 e. The van der Waals surface area contributed by atoms with Crippen molar-refractivity contribution in [2.24, 2.45) is 0 Å². The van der Waals surface area contributed by atoms with Crippen LogP contribution in [0.3, 0.4) is 0 Å². The molecular weight excluding hydrogens is 372 g/mol. The molecular formula is C19H14BClFNO2S. The summed E-state index contributed by atoms with van der Waals surface area (Å²) in [5.74, 6) is -0.0793. The van der Waals surface area contributed by atoms with Crippen LogP contribution in [0.2, 0.25) is 5.02 Å². The number of carbonyl (C=O) groups is 1. The number of hydrogen-bond acceptors (Lipinski definition) is 3. The lowest BCUT2D eigenvalue weighted by molar-refractivity contribution is 0.101. The van der Waals surface area contributed by atoms with Crippen LogP contribution < -0.4 is 10.9 Å². The minimum absolute atomic E-state index is 0.0641. The molecule has 0 atom stereocenters. The van der Waals surface area contributed by atoms with Gasteiger partial charge >= 0.3 is 0 Å². The summed E-state index contributed by atoms with van der Waals surface area (Å²) in [6.45, 7) is 1.34. The van der Waals surface area contributed by atoms with Gasteiger partial charge < -0.3 is 4.98 Å². The predicted molar refractivity (Wildman–Crippen MR) is 106 cm³/mol. The van der Waals surface area contributed by atoms with E-state index in [1.807, 2.05) is 6.07 Å². The monoisotopic (exact) mass is 385 g/mol. The highest BCUT2D eigenvalue weighted by Gasteiger charge is 2.18. The molecule has 1 aromatic heterocycles. The summed E-state index contributed by atoms with van der Waals surface area (Å²) in [5, 5.41) is 0.904. The van der Waals surface area contributed by atoms with E-state index in [1.165, 1.54) is 36.9 Å². The Balaban J connectivity index is 1.99. The van der Waals surface area contributed by atoms with Crippen LogP contribution >= 0.6 is 23.4 Å². The van der Waals surface area contributed by atoms with Crippen molar-refractivity contribution in [3.8, 4) is 0 Å². The van der Waals surface area contributed by atoms with Crippen molar-refractivity contribution in [3.63, 3.8) is 0 Å². The standard InChI is InChI=1S/C19H14BClFNO2S/c1-10(24)15-18(25)16-14(21)6-5-13(20)17(16)23-19(15)26-8-7-11-3-2-4-12(22)9-11/h2-6,9H,7-8H2,1H3,(H,23,25). The number of carbonyl (C=O) groups excluding carboxylic acids is 1. The third kappa shape index (κ3) is 3.71. The topological polar surface area (TPSA) is 49.9 Å². The van der Waals surface area contributed by atoms with Gasteiger partial charge in [0.25, 0.3) is 0 Å². The van der Waals surface area contributed by atoms with Gasteiger partial charge in [0, 0.05) is 11.3 Å². The van der Waals surface area contributed by atoms with Crippen LogP contribution in [0.15, 0.2) is 46.2 Å². The van der Waals surface area contributed by atoms with Crippen LogP contribution in [0.25, 0.3) is 10.9 Å². The van der Waals surface area contributed by atoms with Crippen molar-refractivity contribution in [3.05, 3.63) is 68.6 Å². The molecule has 3 rings (SSSR count). The second-order valence-corrected chi connectivity index (χ2v) is 7.34. The molecule has 0 unspecified atom stereocenters. The molecule has 0 bridgehead atoms. The number of nitrogens with one attached hydrogen (secondary N) is 1. The van der Waals surface area contributed by atoms with Crippen molar-refractivity contribution >= 4 is 53.4 Å². The molecule has 0 aliphatic carbocycles. The first-order chi connectivity index (χ1) is 12.4. The lowest BCUT2D eigenvalue weighted by Crippen LogP contribution is -2.20. The van der Waals surface area contributed by atoms with Crippen LogP contribution in [-0.4, -0.2) is 24.4 Å². The first-order valence-corrected chi connectivity index (χ1v) is 9.27. The Morgan fingerprint density at radius 3 is 2.77 bits per heavy atom. The molecule has 0 spiro atoms. The van der Waals surface area contributed by atoms with Crippen LogP contribution in [0, 0.1) is 5.82 Å². The van der Waals surface area contributed by atoms with Crippen LogP contribution in [0.5, 0.6) is 0 Å². The summed E-state index contributed by atoms with van der Waals surface area (Å²) in [4.78, 5) is 27.9. The van der Waals surface area contributed by atoms with E-state index in [2.05, 4.69) is 4.98 Å². The third-order valence-corrected chi connectivity index (χ3v) is 5.30. The van der Waals surface area contributed by atoms with E-state index in [4.69, 9.17) is 19.4 Å². The van der Waals surface area contributed by atoms with Gasteiger partial charge in [-0.25, -0.2) is 4.39 Å². The minimum atomic E-state index is -0.434. The normalized spacial score (nSPS) is 11.0. The minimum Gasteiger partial charge on any atom is -0.349 e. The summed E-state index contributed by atoms with van der Waals surface area (Å²) < 4.78 is 13.3. The van der Waals surface area contributed by atoms with Gasteiger partial charge in [0.15, 0.2) is 5.78 Å². The van der Waals surface area contributed by atoms with E-state index in [-0.39, 0.29) is 27.6 Å². The van der Waals surface area contributed by atoms with Gasteiger partial charge in [0.2, 0.25) is 5.43 Å². The molecule has 2 radical (unpaired) electrons. The first kappa shape index (κ1) is 18.7. The average Bonchev–Trinajstić information content (AvgIpc) is 2.58. The molecule has 130 valence electrons. The van der Waals surface area contributed by atoms with Crippen LogP contribution in [0.4, 0.5) is 4.39 Å². The fourth-order valence-corrected chi connectivity index (χ4v) is 4.09.